The van der Waals surface area contributed by atoms with Crippen molar-refractivity contribution in [2.75, 3.05) is 7.05 Å². The Hall–Kier alpha value is -1.32. The molecule has 0 spiro atoms. The lowest BCUT2D eigenvalue weighted by atomic mass is 10.2. The topological polar surface area (TPSA) is 38.1 Å². The van der Waals surface area contributed by atoms with Crippen LogP contribution in [0.15, 0.2) is 28.7 Å². The molecule has 1 aromatic carbocycles. The van der Waals surface area contributed by atoms with Gasteiger partial charge in [-0.2, -0.15) is 0 Å². The van der Waals surface area contributed by atoms with Gasteiger partial charge in [0.05, 0.1) is 12.2 Å². The molecule has 2 aromatic rings. The summed E-state index contributed by atoms with van der Waals surface area (Å²) in [6, 6.07) is 7.45. The first kappa shape index (κ1) is 11.2. The third kappa shape index (κ3) is 2.26. The lowest BCUT2D eigenvalue weighted by molar-refractivity contribution is 0.501. The predicted molar refractivity (Wildman–Crippen MR) is 64.4 cm³/mol. The molecule has 4 heteroatoms. The molecule has 0 amide bonds. The molecule has 0 saturated heterocycles. The van der Waals surface area contributed by atoms with Gasteiger partial charge in [0.1, 0.15) is 5.76 Å². The lowest BCUT2D eigenvalue weighted by Gasteiger charge is -1.96. The molecule has 0 aliphatic heterocycles. The average Bonchev–Trinajstić information content (AvgIpc) is 2.62. The van der Waals surface area contributed by atoms with Crippen molar-refractivity contribution in [3.63, 3.8) is 0 Å². The number of benzene rings is 1. The van der Waals surface area contributed by atoms with E-state index in [0.29, 0.717) is 17.5 Å². The molecular formula is C12H13ClN2O. The van der Waals surface area contributed by atoms with Crippen LogP contribution < -0.4 is 5.32 Å². The fraction of sp³-hybridized carbons (Fsp3) is 0.250. The SMILES string of the molecule is CNCc1oc(-c2ccc(Cl)cc2)nc1C. The van der Waals surface area contributed by atoms with E-state index in [1.54, 1.807) is 0 Å². The highest BCUT2D eigenvalue weighted by Crippen LogP contribution is 2.23. The summed E-state index contributed by atoms with van der Waals surface area (Å²) in [6.07, 6.45) is 0. The van der Waals surface area contributed by atoms with Gasteiger partial charge in [-0.15, -0.1) is 0 Å². The zero-order chi connectivity index (χ0) is 11.5. The largest absolute Gasteiger partial charge is 0.440 e. The van der Waals surface area contributed by atoms with Gasteiger partial charge < -0.3 is 9.73 Å². The Morgan fingerprint density at radius 2 is 2.00 bits per heavy atom. The van der Waals surface area contributed by atoms with Crippen LogP contribution in [-0.4, -0.2) is 12.0 Å². The van der Waals surface area contributed by atoms with E-state index in [4.69, 9.17) is 16.0 Å². The molecule has 0 bridgehead atoms. The Labute approximate surface area is 99.5 Å². The van der Waals surface area contributed by atoms with Gasteiger partial charge >= 0.3 is 0 Å². The number of oxazole rings is 1. The molecular weight excluding hydrogens is 224 g/mol. The Kier molecular flexibility index (Phi) is 3.27. The van der Waals surface area contributed by atoms with Crippen LogP contribution in [0.3, 0.4) is 0 Å². The third-order valence-corrected chi connectivity index (χ3v) is 2.57. The Bertz CT molecular complexity index is 476. The summed E-state index contributed by atoms with van der Waals surface area (Å²) in [4.78, 5) is 4.38. The van der Waals surface area contributed by atoms with E-state index in [-0.39, 0.29) is 0 Å². The van der Waals surface area contributed by atoms with Gasteiger partial charge in [0, 0.05) is 10.6 Å². The summed E-state index contributed by atoms with van der Waals surface area (Å²) in [7, 11) is 1.88. The molecule has 2 rings (SSSR count). The molecule has 0 radical (unpaired) electrons. The summed E-state index contributed by atoms with van der Waals surface area (Å²) in [6.45, 7) is 2.63. The molecule has 1 heterocycles. The molecule has 0 aliphatic rings. The van der Waals surface area contributed by atoms with Gasteiger partial charge in [0.25, 0.3) is 0 Å². The second-order valence-corrected chi connectivity index (χ2v) is 4.00. The van der Waals surface area contributed by atoms with Gasteiger partial charge in [-0.25, -0.2) is 4.98 Å². The first-order valence-electron chi connectivity index (χ1n) is 5.07. The van der Waals surface area contributed by atoms with Crippen LogP contribution in [0.4, 0.5) is 0 Å². The van der Waals surface area contributed by atoms with Crippen LogP contribution in [0.5, 0.6) is 0 Å². The average molecular weight is 237 g/mol. The van der Waals surface area contributed by atoms with E-state index in [1.165, 1.54) is 0 Å². The van der Waals surface area contributed by atoms with E-state index in [2.05, 4.69) is 10.3 Å². The van der Waals surface area contributed by atoms with Crippen LogP contribution >= 0.6 is 11.6 Å². The minimum Gasteiger partial charge on any atom is -0.440 e. The van der Waals surface area contributed by atoms with Crippen LogP contribution in [0, 0.1) is 6.92 Å². The van der Waals surface area contributed by atoms with Crippen molar-refractivity contribution in [2.45, 2.75) is 13.5 Å². The Morgan fingerprint density at radius 1 is 1.31 bits per heavy atom. The van der Waals surface area contributed by atoms with Crippen molar-refractivity contribution < 1.29 is 4.42 Å². The van der Waals surface area contributed by atoms with E-state index in [0.717, 1.165) is 17.0 Å². The molecule has 84 valence electrons. The molecule has 0 saturated carbocycles. The van der Waals surface area contributed by atoms with E-state index >= 15 is 0 Å². The highest BCUT2D eigenvalue weighted by Gasteiger charge is 2.10. The van der Waals surface area contributed by atoms with Crippen molar-refractivity contribution >= 4 is 11.6 Å². The van der Waals surface area contributed by atoms with Crippen molar-refractivity contribution in [3.05, 3.63) is 40.7 Å². The highest BCUT2D eigenvalue weighted by atomic mass is 35.5. The monoisotopic (exact) mass is 236 g/mol. The first-order valence-corrected chi connectivity index (χ1v) is 5.45. The van der Waals surface area contributed by atoms with Crippen LogP contribution in [0.2, 0.25) is 5.02 Å². The molecule has 16 heavy (non-hydrogen) atoms. The van der Waals surface area contributed by atoms with Crippen molar-refractivity contribution in [1.29, 1.82) is 0 Å². The number of halogens is 1. The number of nitrogens with zero attached hydrogens (tertiary/aromatic N) is 1. The molecule has 1 aromatic heterocycles. The predicted octanol–water partition coefficient (Wildman–Crippen LogP) is 3.02. The van der Waals surface area contributed by atoms with E-state index in [1.807, 2.05) is 38.2 Å². The van der Waals surface area contributed by atoms with Gasteiger partial charge in [-0.05, 0) is 38.2 Å². The van der Waals surface area contributed by atoms with Gasteiger partial charge in [-0.1, -0.05) is 11.6 Å². The van der Waals surface area contributed by atoms with Crippen molar-refractivity contribution in [3.8, 4) is 11.5 Å². The van der Waals surface area contributed by atoms with Crippen molar-refractivity contribution in [2.24, 2.45) is 0 Å². The Balaban J connectivity index is 2.33. The maximum atomic E-state index is 5.82. The lowest BCUT2D eigenvalue weighted by Crippen LogP contribution is -2.04. The van der Waals surface area contributed by atoms with Crippen LogP contribution in [0.25, 0.3) is 11.5 Å². The van der Waals surface area contributed by atoms with Gasteiger partial charge in [0.15, 0.2) is 0 Å². The first-order chi connectivity index (χ1) is 7.70. The number of aryl methyl sites for hydroxylation is 1. The zero-order valence-electron chi connectivity index (χ0n) is 9.25. The maximum absolute atomic E-state index is 5.82. The van der Waals surface area contributed by atoms with E-state index < -0.39 is 0 Å². The molecule has 0 fully saturated rings. The van der Waals surface area contributed by atoms with Gasteiger partial charge in [-0.3, -0.25) is 0 Å². The van der Waals surface area contributed by atoms with Crippen LogP contribution in [0.1, 0.15) is 11.5 Å². The Morgan fingerprint density at radius 3 is 2.62 bits per heavy atom. The molecule has 0 aliphatic carbocycles. The number of hydrogen-bond acceptors (Lipinski definition) is 3. The van der Waals surface area contributed by atoms with Gasteiger partial charge in [0.2, 0.25) is 5.89 Å². The number of nitrogens with one attached hydrogen (secondary N) is 1. The summed E-state index contributed by atoms with van der Waals surface area (Å²) in [5, 5.41) is 3.75. The quantitative estimate of drug-likeness (QED) is 0.890. The second kappa shape index (κ2) is 4.68. The minimum atomic E-state index is 0.638. The summed E-state index contributed by atoms with van der Waals surface area (Å²) in [5.41, 5.74) is 1.86. The minimum absolute atomic E-state index is 0.638. The second-order valence-electron chi connectivity index (χ2n) is 3.56. The third-order valence-electron chi connectivity index (χ3n) is 2.32. The summed E-state index contributed by atoms with van der Waals surface area (Å²) in [5.74, 6) is 1.51. The summed E-state index contributed by atoms with van der Waals surface area (Å²) >= 11 is 5.82. The summed E-state index contributed by atoms with van der Waals surface area (Å²) < 4.78 is 5.66. The number of hydrogen-bond donors (Lipinski definition) is 1. The fourth-order valence-corrected chi connectivity index (χ4v) is 1.59. The fourth-order valence-electron chi connectivity index (χ4n) is 1.47. The zero-order valence-corrected chi connectivity index (χ0v) is 10.0. The maximum Gasteiger partial charge on any atom is 0.226 e. The molecule has 0 unspecified atom stereocenters. The van der Waals surface area contributed by atoms with Crippen LogP contribution in [-0.2, 0) is 6.54 Å². The number of rotatable bonds is 3. The standard InChI is InChI=1S/C12H13ClN2O/c1-8-11(7-14-2)16-12(15-8)9-3-5-10(13)6-4-9/h3-6,14H,7H2,1-2H3. The number of aromatic nitrogens is 1. The molecule has 3 nitrogen and oxygen atoms in total. The molecule has 1 N–H and O–H groups in total. The highest BCUT2D eigenvalue weighted by molar-refractivity contribution is 6.30. The normalized spacial score (nSPS) is 10.7. The van der Waals surface area contributed by atoms with E-state index in [9.17, 15) is 0 Å². The van der Waals surface area contributed by atoms with Crippen molar-refractivity contribution in [1.82, 2.24) is 10.3 Å². The smallest absolute Gasteiger partial charge is 0.226 e. The molecule has 0 atom stereocenters.